The molecule has 1 saturated heterocycles. The zero-order valence-electron chi connectivity index (χ0n) is 12.4. The molecule has 0 aliphatic carbocycles. The molecule has 1 aliphatic rings. The molecular formula is C14H26N2O3. The molecule has 2 N–H and O–H groups in total. The Kier molecular flexibility index (Phi) is 6.28. The van der Waals surface area contributed by atoms with Gasteiger partial charge in [0.05, 0.1) is 7.11 Å². The average molecular weight is 270 g/mol. The van der Waals surface area contributed by atoms with Crippen LogP contribution in [-0.2, 0) is 14.3 Å². The van der Waals surface area contributed by atoms with Gasteiger partial charge in [0.15, 0.2) is 0 Å². The minimum atomic E-state index is -0.525. The smallest absolute Gasteiger partial charge is 0.328 e. The zero-order valence-corrected chi connectivity index (χ0v) is 12.4. The maximum atomic E-state index is 12.2. The Morgan fingerprint density at radius 1 is 1.42 bits per heavy atom. The van der Waals surface area contributed by atoms with Crippen molar-refractivity contribution in [1.82, 2.24) is 10.6 Å². The summed E-state index contributed by atoms with van der Waals surface area (Å²) in [5.74, 6) is -0.0552. The van der Waals surface area contributed by atoms with Crippen molar-refractivity contribution in [2.45, 2.75) is 52.1 Å². The van der Waals surface area contributed by atoms with Gasteiger partial charge in [-0.15, -0.1) is 0 Å². The van der Waals surface area contributed by atoms with Crippen LogP contribution in [0.25, 0.3) is 0 Å². The molecule has 19 heavy (non-hydrogen) atoms. The Morgan fingerprint density at radius 3 is 2.63 bits per heavy atom. The summed E-state index contributed by atoms with van der Waals surface area (Å²) in [7, 11) is 1.36. The van der Waals surface area contributed by atoms with E-state index in [4.69, 9.17) is 4.74 Å². The lowest BCUT2D eigenvalue weighted by molar-refractivity contribution is -0.146. The van der Waals surface area contributed by atoms with Gasteiger partial charge in [0.1, 0.15) is 6.04 Å². The molecule has 1 rings (SSSR count). The second-order valence-electron chi connectivity index (χ2n) is 5.79. The van der Waals surface area contributed by atoms with E-state index in [1.54, 1.807) is 0 Å². The largest absolute Gasteiger partial charge is 0.467 e. The number of methoxy groups -OCH3 is 1. The molecule has 1 heterocycles. The molecule has 0 saturated carbocycles. The van der Waals surface area contributed by atoms with Gasteiger partial charge in [-0.25, -0.2) is 4.79 Å². The number of piperidine rings is 1. The van der Waals surface area contributed by atoms with Crippen molar-refractivity contribution in [2.75, 3.05) is 13.7 Å². The summed E-state index contributed by atoms with van der Waals surface area (Å²) >= 11 is 0. The molecule has 1 amide bonds. The van der Waals surface area contributed by atoms with Crippen LogP contribution in [0.15, 0.2) is 0 Å². The summed E-state index contributed by atoms with van der Waals surface area (Å²) in [6, 6.07) is -0.172. The molecule has 0 bridgehead atoms. The molecule has 1 unspecified atom stereocenters. The minimum Gasteiger partial charge on any atom is -0.467 e. The number of amides is 1. The van der Waals surface area contributed by atoms with Crippen molar-refractivity contribution >= 4 is 11.9 Å². The summed E-state index contributed by atoms with van der Waals surface area (Å²) in [6.07, 6.45) is 2.26. The molecule has 1 aliphatic heterocycles. The molecular weight excluding hydrogens is 244 g/mol. The first-order chi connectivity index (χ1) is 8.93. The predicted octanol–water partition coefficient (Wildman–Crippen LogP) is 1.08. The van der Waals surface area contributed by atoms with Crippen LogP contribution >= 0.6 is 0 Å². The number of carbonyl (C=O) groups excluding carboxylic acids is 2. The lowest BCUT2D eigenvalue weighted by Crippen LogP contribution is -2.48. The second kappa shape index (κ2) is 7.48. The van der Waals surface area contributed by atoms with Crippen LogP contribution in [0.3, 0.4) is 0 Å². The summed E-state index contributed by atoms with van der Waals surface area (Å²) in [4.78, 5) is 23.9. The van der Waals surface area contributed by atoms with Crippen LogP contribution in [0, 0.1) is 11.8 Å². The lowest BCUT2D eigenvalue weighted by atomic mass is 9.92. The molecule has 110 valence electrons. The number of hydrogen-bond acceptors (Lipinski definition) is 4. The summed E-state index contributed by atoms with van der Waals surface area (Å²) in [6.45, 7) is 6.97. The fourth-order valence-corrected chi connectivity index (χ4v) is 2.49. The van der Waals surface area contributed by atoms with Crippen LogP contribution in [-0.4, -0.2) is 37.6 Å². The van der Waals surface area contributed by atoms with Gasteiger partial charge in [0.25, 0.3) is 0 Å². The fraction of sp³-hybridized carbons (Fsp3) is 0.857. The van der Waals surface area contributed by atoms with Gasteiger partial charge in [-0.1, -0.05) is 13.8 Å². The zero-order chi connectivity index (χ0) is 14.4. The van der Waals surface area contributed by atoms with Crippen molar-refractivity contribution < 1.29 is 14.3 Å². The van der Waals surface area contributed by atoms with E-state index in [9.17, 15) is 9.59 Å². The van der Waals surface area contributed by atoms with E-state index >= 15 is 0 Å². The Balaban J connectivity index is 2.57. The third-order valence-electron chi connectivity index (χ3n) is 3.50. The van der Waals surface area contributed by atoms with E-state index in [2.05, 4.69) is 17.6 Å². The van der Waals surface area contributed by atoms with Gasteiger partial charge in [0, 0.05) is 12.0 Å². The minimum absolute atomic E-state index is 0.00410. The van der Waals surface area contributed by atoms with E-state index in [1.807, 2.05) is 13.8 Å². The van der Waals surface area contributed by atoms with E-state index in [0.717, 1.165) is 19.4 Å². The van der Waals surface area contributed by atoms with Gasteiger partial charge in [-0.2, -0.15) is 0 Å². The van der Waals surface area contributed by atoms with Crippen LogP contribution in [0.4, 0.5) is 0 Å². The Hall–Kier alpha value is -1.10. The van der Waals surface area contributed by atoms with Gasteiger partial charge >= 0.3 is 5.97 Å². The topological polar surface area (TPSA) is 67.4 Å². The van der Waals surface area contributed by atoms with E-state index in [0.29, 0.717) is 18.4 Å². The number of esters is 1. The van der Waals surface area contributed by atoms with Gasteiger partial charge in [-0.3, -0.25) is 4.79 Å². The van der Waals surface area contributed by atoms with Crippen molar-refractivity contribution in [3.8, 4) is 0 Å². The number of hydrogen-bond donors (Lipinski definition) is 2. The van der Waals surface area contributed by atoms with Crippen LogP contribution in [0.2, 0.25) is 0 Å². The van der Waals surface area contributed by atoms with Crippen molar-refractivity contribution in [2.24, 2.45) is 11.8 Å². The number of carbonyl (C=O) groups is 2. The quantitative estimate of drug-likeness (QED) is 0.734. The molecule has 0 radical (unpaired) electrons. The maximum absolute atomic E-state index is 12.2. The molecule has 0 aromatic heterocycles. The summed E-state index contributed by atoms with van der Waals surface area (Å²) in [5, 5.41) is 6.16. The molecule has 0 spiro atoms. The summed E-state index contributed by atoms with van der Waals surface area (Å²) < 4.78 is 4.76. The van der Waals surface area contributed by atoms with Crippen LogP contribution in [0.5, 0.6) is 0 Å². The van der Waals surface area contributed by atoms with Gasteiger partial charge in [0.2, 0.25) is 5.91 Å². The molecule has 5 nitrogen and oxygen atoms in total. The molecule has 1 fully saturated rings. The molecule has 5 heteroatoms. The standard InChI is InChI=1S/C14H26N2O3/c1-9(2)7-12(14(18)19-4)16-13(17)11-5-6-15-10(3)8-11/h9-12,15H,5-8H2,1-4H3,(H,16,17)/t10-,11-,12?/m0/s1. The van der Waals surface area contributed by atoms with E-state index in [1.165, 1.54) is 7.11 Å². The monoisotopic (exact) mass is 270 g/mol. The third-order valence-corrected chi connectivity index (χ3v) is 3.50. The summed E-state index contributed by atoms with van der Waals surface area (Å²) in [5.41, 5.74) is 0. The van der Waals surface area contributed by atoms with Gasteiger partial charge < -0.3 is 15.4 Å². The van der Waals surface area contributed by atoms with E-state index in [-0.39, 0.29) is 17.8 Å². The molecule has 0 aromatic rings. The fourth-order valence-electron chi connectivity index (χ4n) is 2.49. The maximum Gasteiger partial charge on any atom is 0.328 e. The Labute approximate surface area is 115 Å². The first-order valence-electron chi connectivity index (χ1n) is 7.05. The average Bonchev–Trinajstić information content (AvgIpc) is 2.36. The second-order valence-corrected chi connectivity index (χ2v) is 5.79. The van der Waals surface area contributed by atoms with Gasteiger partial charge in [-0.05, 0) is 38.6 Å². The van der Waals surface area contributed by atoms with E-state index < -0.39 is 6.04 Å². The highest BCUT2D eigenvalue weighted by atomic mass is 16.5. The van der Waals surface area contributed by atoms with Crippen LogP contribution in [0.1, 0.15) is 40.0 Å². The number of nitrogens with one attached hydrogen (secondary N) is 2. The Morgan fingerprint density at radius 2 is 2.11 bits per heavy atom. The highest BCUT2D eigenvalue weighted by Gasteiger charge is 2.29. The van der Waals surface area contributed by atoms with Crippen molar-refractivity contribution in [3.63, 3.8) is 0 Å². The Bertz CT molecular complexity index is 318. The highest BCUT2D eigenvalue weighted by Crippen LogP contribution is 2.17. The lowest BCUT2D eigenvalue weighted by Gasteiger charge is -2.28. The SMILES string of the molecule is COC(=O)C(CC(C)C)NC(=O)[C@H]1CCN[C@@H](C)C1. The number of ether oxygens (including phenoxy) is 1. The van der Waals surface area contributed by atoms with Crippen molar-refractivity contribution in [3.05, 3.63) is 0 Å². The first-order valence-corrected chi connectivity index (χ1v) is 7.05. The number of rotatable bonds is 5. The first kappa shape index (κ1) is 16.0. The normalized spacial score (nSPS) is 24.9. The van der Waals surface area contributed by atoms with Crippen molar-refractivity contribution in [1.29, 1.82) is 0 Å². The molecule has 3 atom stereocenters. The predicted molar refractivity (Wildman–Crippen MR) is 73.6 cm³/mol. The third kappa shape index (κ3) is 5.19. The molecule has 0 aromatic carbocycles. The van der Waals surface area contributed by atoms with Crippen LogP contribution < -0.4 is 10.6 Å². The highest BCUT2D eigenvalue weighted by molar-refractivity contribution is 5.85.